The Balaban J connectivity index is 2.47. The van der Waals surface area contributed by atoms with Crippen molar-refractivity contribution in [3.8, 4) is 16.9 Å². The van der Waals surface area contributed by atoms with Crippen molar-refractivity contribution in [1.82, 2.24) is 5.32 Å². The smallest absolute Gasteiger partial charge is 0.124 e. The fourth-order valence-electron chi connectivity index (χ4n) is 2.00. The van der Waals surface area contributed by atoms with E-state index in [9.17, 15) is 4.39 Å². The Morgan fingerprint density at radius 1 is 1.21 bits per heavy atom. The van der Waals surface area contributed by atoms with Crippen LogP contribution in [0.1, 0.15) is 5.56 Å². The zero-order valence-corrected chi connectivity index (χ0v) is 11.6. The first-order chi connectivity index (χ1) is 9.15. The first-order valence-electron chi connectivity index (χ1n) is 5.92. The lowest BCUT2D eigenvalue weighted by Crippen LogP contribution is -2.06. The second-order valence-corrected chi connectivity index (χ2v) is 4.59. The fourth-order valence-corrected chi connectivity index (χ4v) is 2.27. The van der Waals surface area contributed by atoms with E-state index in [1.807, 2.05) is 25.2 Å². The molecule has 0 saturated heterocycles. The molecule has 2 rings (SSSR count). The highest BCUT2D eigenvalue weighted by Crippen LogP contribution is 2.31. The molecule has 0 aliphatic carbocycles. The minimum Gasteiger partial charge on any atom is -0.496 e. The van der Waals surface area contributed by atoms with Crippen LogP contribution in [0.4, 0.5) is 4.39 Å². The van der Waals surface area contributed by atoms with Crippen molar-refractivity contribution in [2.45, 2.75) is 6.54 Å². The summed E-state index contributed by atoms with van der Waals surface area (Å²) in [5.41, 5.74) is 2.78. The van der Waals surface area contributed by atoms with E-state index in [0.717, 1.165) is 22.4 Å². The van der Waals surface area contributed by atoms with E-state index in [1.54, 1.807) is 13.2 Å². The summed E-state index contributed by atoms with van der Waals surface area (Å²) < 4.78 is 18.4. The molecular formula is C15H15ClFNO. The maximum Gasteiger partial charge on any atom is 0.124 e. The Labute approximate surface area is 117 Å². The van der Waals surface area contributed by atoms with Crippen molar-refractivity contribution in [1.29, 1.82) is 0 Å². The van der Waals surface area contributed by atoms with Crippen LogP contribution in [0, 0.1) is 5.82 Å². The molecular weight excluding hydrogens is 265 g/mol. The summed E-state index contributed by atoms with van der Waals surface area (Å²) in [5, 5.41) is 3.49. The van der Waals surface area contributed by atoms with Crippen LogP contribution in [-0.2, 0) is 6.54 Å². The van der Waals surface area contributed by atoms with Crippen molar-refractivity contribution >= 4 is 11.6 Å². The Bertz CT molecular complexity index is 586. The number of ether oxygens (including phenoxy) is 1. The molecule has 0 radical (unpaired) electrons. The molecule has 0 spiro atoms. The monoisotopic (exact) mass is 279 g/mol. The van der Waals surface area contributed by atoms with Gasteiger partial charge in [-0.25, -0.2) is 4.39 Å². The van der Waals surface area contributed by atoms with Crippen molar-refractivity contribution in [3.05, 3.63) is 52.8 Å². The Morgan fingerprint density at radius 2 is 2.00 bits per heavy atom. The fraction of sp³-hybridized carbons (Fsp3) is 0.200. The van der Waals surface area contributed by atoms with Crippen LogP contribution in [0.5, 0.6) is 5.75 Å². The van der Waals surface area contributed by atoms with Gasteiger partial charge < -0.3 is 10.1 Å². The number of rotatable bonds is 4. The van der Waals surface area contributed by atoms with Gasteiger partial charge in [-0.3, -0.25) is 0 Å². The van der Waals surface area contributed by atoms with Crippen molar-refractivity contribution in [2.24, 2.45) is 0 Å². The second kappa shape index (κ2) is 6.04. The van der Waals surface area contributed by atoms with Gasteiger partial charge in [0.25, 0.3) is 0 Å². The molecule has 0 aromatic heterocycles. The van der Waals surface area contributed by atoms with Gasteiger partial charge in [-0.15, -0.1) is 0 Å². The molecule has 0 heterocycles. The average Bonchev–Trinajstić information content (AvgIpc) is 2.39. The zero-order valence-electron chi connectivity index (χ0n) is 10.8. The van der Waals surface area contributed by atoms with E-state index >= 15 is 0 Å². The van der Waals surface area contributed by atoms with Gasteiger partial charge in [-0.05, 0) is 42.9 Å². The number of hydrogen-bond acceptors (Lipinski definition) is 2. The molecule has 0 aliphatic rings. The molecule has 100 valence electrons. The van der Waals surface area contributed by atoms with Crippen LogP contribution in [-0.4, -0.2) is 14.2 Å². The number of benzene rings is 2. The largest absolute Gasteiger partial charge is 0.496 e. The standard InChI is InChI=1S/C15H15ClFNO/c1-18-9-11-7-10(3-6-15(11)19-2)13-5-4-12(17)8-14(13)16/h3-8,18H,9H2,1-2H3. The van der Waals surface area contributed by atoms with Crippen molar-refractivity contribution in [3.63, 3.8) is 0 Å². The molecule has 2 aromatic carbocycles. The Kier molecular flexibility index (Phi) is 4.40. The molecule has 0 saturated carbocycles. The molecule has 0 bridgehead atoms. The van der Waals surface area contributed by atoms with E-state index < -0.39 is 0 Å². The number of methoxy groups -OCH3 is 1. The van der Waals surface area contributed by atoms with E-state index in [1.165, 1.54) is 12.1 Å². The topological polar surface area (TPSA) is 21.3 Å². The summed E-state index contributed by atoms with van der Waals surface area (Å²) in [5.74, 6) is 0.481. The van der Waals surface area contributed by atoms with Crippen molar-refractivity contribution < 1.29 is 9.13 Å². The summed E-state index contributed by atoms with van der Waals surface area (Å²) in [6.45, 7) is 0.690. The van der Waals surface area contributed by atoms with E-state index in [0.29, 0.717) is 11.6 Å². The molecule has 0 unspecified atom stereocenters. The third-order valence-corrected chi connectivity index (χ3v) is 3.20. The minimum absolute atomic E-state index is 0.335. The summed E-state index contributed by atoms with van der Waals surface area (Å²) in [6, 6.07) is 10.2. The van der Waals surface area contributed by atoms with Crippen LogP contribution in [0.15, 0.2) is 36.4 Å². The lowest BCUT2D eigenvalue weighted by molar-refractivity contribution is 0.408. The highest BCUT2D eigenvalue weighted by atomic mass is 35.5. The first-order valence-corrected chi connectivity index (χ1v) is 6.30. The summed E-state index contributed by atoms with van der Waals surface area (Å²) in [6.07, 6.45) is 0. The number of halogens is 2. The van der Waals surface area contributed by atoms with Crippen molar-refractivity contribution in [2.75, 3.05) is 14.2 Å². The molecule has 0 amide bonds. The van der Waals surface area contributed by atoms with Crippen LogP contribution in [0.3, 0.4) is 0 Å². The minimum atomic E-state index is -0.335. The van der Waals surface area contributed by atoms with Gasteiger partial charge in [-0.1, -0.05) is 17.7 Å². The van der Waals surface area contributed by atoms with E-state index in [2.05, 4.69) is 5.32 Å². The third kappa shape index (κ3) is 3.06. The van der Waals surface area contributed by atoms with Gasteiger partial charge in [0.2, 0.25) is 0 Å². The first kappa shape index (κ1) is 13.8. The van der Waals surface area contributed by atoms with Crippen LogP contribution in [0.2, 0.25) is 5.02 Å². The average molecular weight is 280 g/mol. The lowest BCUT2D eigenvalue weighted by atomic mass is 10.0. The highest BCUT2D eigenvalue weighted by Gasteiger charge is 2.08. The maximum atomic E-state index is 13.1. The quantitative estimate of drug-likeness (QED) is 0.917. The Hall–Kier alpha value is -1.58. The summed E-state index contributed by atoms with van der Waals surface area (Å²) >= 11 is 6.08. The Morgan fingerprint density at radius 3 is 2.63 bits per heavy atom. The SMILES string of the molecule is CNCc1cc(-c2ccc(F)cc2Cl)ccc1OC. The predicted octanol–water partition coefficient (Wildman–Crippen LogP) is 3.87. The molecule has 1 N–H and O–H groups in total. The van der Waals surface area contributed by atoms with E-state index in [-0.39, 0.29) is 5.82 Å². The van der Waals surface area contributed by atoms with E-state index in [4.69, 9.17) is 16.3 Å². The zero-order chi connectivity index (χ0) is 13.8. The predicted molar refractivity (Wildman–Crippen MR) is 76.2 cm³/mol. The second-order valence-electron chi connectivity index (χ2n) is 4.18. The van der Waals surface area contributed by atoms with Gasteiger partial charge in [0.15, 0.2) is 0 Å². The maximum absolute atomic E-state index is 13.1. The lowest BCUT2D eigenvalue weighted by Gasteiger charge is -2.11. The van der Waals surface area contributed by atoms with Gasteiger partial charge >= 0.3 is 0 Å². The molecule has 0 atom stereocenters. The molecule has 0 aliphatic heterocycles. The summed E-state index contributed by atoms with van der Waals surface area (Å²) in [4.78, 5) is 0. The third-order valence-electron chi connectivity index (χ3n) is 2.89. The molecule has 0 fully saturated rings. The highest BCUT2D eigenvalue weighted by molar-refractivity contribution is 6.33. The number of hydrogen-bond donors (Lipinski definition) is 1. The molecule has 2 aromatic rings. The molecule has 4 heteroatoms. The van der Waals surface area contributed by atoms with Gasteiger partial charge in [0.05, 0.1) is 12.1 Å². The van der Waals surface area contributed by atoms with Crippen LogP contribution < -0.4 is 10.1 Å². The molecule has 2 nitrogen and oxygen atoms in total. The molecule has 19 heavy (non-hydrogen) atoms. The van der Waals surface area contributed by atoms with Crippen LogP contribution >= 0.6 is 11.6 Å². The number of nitrogens with one attached hydrogen (secondary N) is 1. The van der Waals surface area contributed by atoms with Gasteiger partial charge in [0, 0.05) is 17.7 Å². The van der Waals surface area contributed by atoms with Gasteiger partial charge in [0.1, 0.15) is 11.6 Å². The normalized spacial score (nSPS) is 10.5. The van der Waals surface area contributed by atoms with Crippen LogP contribution in [0.25, 0.3) is 11.1 Å². The van der Waals surface area contributed by atoms with Gasteiger partial charge in [-0.2, -0.15) is 0 Å². The summed E-state index contributed by atoms with van der Waals surface area (Å²) in [7, 11) is 3.51.